The maximum absolute atomic E-state index is 9.49. The van der Waals surface area contributed by atoms with Gasteiger partial charge in [0.2, 0.25) is 0 Å². The number of phenolic OH excluding ortho intramolecular Hbond substituents is 1. The van der Waals surface area contributed by atoms with Gasteiger partial charge in [0.1, 0.15) is 5.75 Å². The Balaban J connectivity index is 2.04. The van der Waals surface area contributed by atoms with Crippen LogP contribution in [0.5, 0.6) is 5.75 Å². The first kappa shape index (κ1) is 8.53. The molecular formula is C10H13NO2. The minimum Gasteiger partial charge on any atom is -0.508 e. The lowest BCUT2D eigenvalue weighted by Crippen LogP contribution is -2.16. The van der Waals surface area contributed by atoms with E-state index in [-0.39, 0.29) is 0 Å². The first-order valence-electron chi connectivity index (χ1n) is 4.51. The van der Waals surface area contributed by atoms with Crippen LogP contribution in [0.4, 0.5) is 0 Å². The number of nitrogens with zero attached hydrogens (tertiary/aromatic N) is 1. The van der Waals surface area contributed by atoms with Gasteiger partial charge in [-0.15, -0.1) is 0 Å². The SMILES string of the molecule is Oc1ccccc1CN1CCCO1. The highest BCUT2D eigenvalue weighted by molar-refractivity contribution is 5.31. The van der Waals surface area contributed by atoms with Crippen LogP contribution < -0.4 is 0 Å². The number of hydroxylamine groups is 2. The lowest BCUT2D eigenvalue weighted by molar-refractivity contribution is -0.117. The second-order valence-electron chi connectivity index (χ2n) is 3.18. The Morgan fingerprint density at radius 2 is 2.23 bits per heavy atom. The van der Waals surface area contributed by atoms with Gasteiger partial charge in [0.15, 0.2) is 0 Å². The van der Waals surface area contributed by atoms with Crippen LogP contribution in [0.15, 0.2) is 24.3 Å². The molecular weight excluding hydrogens is 166 g/mol. The van der Waals surface area contributed by atoms with Gasteiger partial charge in [-0.3, -0.25) is 4.84 Å². The average molecular weight is 179 g/mol. The smallest absolute Gasteiger partial charge is 0.120 e. The summed E-state index contributed by atoms with van der Waals surface area (Å²) in [7, 11) is 0. The highest BCUT2D eigenvalue weighted by Gasteiger charge is 2.13. The Hall–Kier alpha value is -1.06. The van der Waals surface area contributed by atoms with E-state index >= 15 is 0 Å². The van der Waals surface area contributed by atoms with Gasteiger partial charge in [-0.2, -0.15) is 5.06 Å². The van der Waals surface area contributed by atoms with E-state index in [1.165, 1.54) is 0 Å². The molecule has 2 rings (SSSR count). The Labute approximate surface area is 77.5 Å². The van der Waals surface area contributed by atoms with Crippen molar-refractivity contribution in [1.29, 1.82) is 0 Å². The van der Waals surface area contributed by atoms with Crippen molar-refractivity contribution in [2.75, 3.05) is 13.2 Å². The molecule has 0 saturated carbocycles. The van der Waals surface area contributed by atoms with E-state index in [0.717, 1.165) is 25.1 Å². The van der Waals surface area contributed by atoms with Crippen molar-refractivity contribution in [1.82, 2.24) is 5.06 Å². The van der Waals surface area contributed by atoms with E-state index in [2.05, 4.69) is 0 Å². The van der Waals surface area contributed by atoms with Crippen LogP contribution in [0.2, 0.25) is 0 Å². The van der Waals surface area contributed by atoms with Crippen molar-refractivity contribution in [2.45, 2.75) is 13.0 Å². The maximum Gasteiger partial charge on any atom is 0.120 e. The van der Waals surface area contributed by atoms with E-state index in [0.29, 0.717) is 12.3 Å². The van der Waals surface area contributed by atoms with Gasteiger partial charge < -0.3 is 5.11 Å². The summed E-state index contributed by atoms with van der Waals surface area (Å²) in [5, 5.41) is 11.4. The minimum absolute atomic E-state index is 0.345. The van der Waals surface area contributed by atoms with Gasteiger partial charge in [0.25, 0.3) is 0 Å². The number of phenols is 1. The first-order valence-corrected chi connectivity index (χ1v) is 4.51. The summed E-state index contributed by atoms with van der Waals surface area (Å²) < 4.78 is 0. The molecule has 13 heavy (non-hydrogen) atoms. The zero-order valence-electron chi connectivity index (χ0n) is 7.44. The molecule has 0 aromatic heterocycles. The van der Waals surface area contributed by atoms with Crippen molar-refractivity contribution in [2.24, 2.45) is 0 Å². The summed E-state index contributed by atoms with van der Waals surface area (Å²) in [5.41, 5.74) is 0.921. The predicted octanol–water partition coefficient (Wildman–Crippen LogP) is 1.53. The second kappa shape index (κ2) is 3.77. The molecule has 1 saturated heterocycles. The monoisotopic (exact) mass is 179 g/mol. The van der Waals surface area contributed by atoms with Gasteiger partial charge in [-0.1, -0.05) is 18.2 Å². The molecule has 1 N–H and O–H groups in total. The molecule has 0 radical (unpaired) electrons. The van der Waals surface area contributed by atoms with Gasteiger partial charge in [-0.25, -0.2) is 0 Å². The van der Waals surface area contributed by atoms with Crippen molar-refractivity contribution in [3.05, 3.63) is 29.8 Å². The average Bonchev–Trinajstić information content (AvgIpc) is 2.61. The standard InChI is InChI=1S/C10H13NO2/c12-10-5-2-1-4-9(10)8-11-6-3-7-13-11/h1-2,4-5,12H,3,6-8H2. The third kappa shape index (κ3) is 1.99. The lowest BCUT2D eigenvalue weighted by Gasteiger charge is -2.13. The summed E-state index contributed by atoms with van der Waals surface area (Å²) in [6, 6.07) is 7.36. The van der Waals surface area contributed by atoms with Crippen molar-refractivity contribution in [3.63, 3.8) is 0 Å². The largest absolute Gasteiger partial charge is 0.508 e. The first-order chi connectivity index (χ1) is 6.36. The molecule has 0 aliphatic carbocycles. The number of para-hydroxylation sites is 1. The highest BCUT2D eigenvalue weighted by atomic mass is 16.7. The molecule has 0 unspecified atom stereocenters. The molecule has 70 valence electrons. The van der Waals surface area contributed by atoms with Crippen molar-refractivity contribution >= 4 is 0 Å². The number of hydrogen-bond donors (Lipinski definition) is 1. The van der Waals surface area contributed by atoms with Gasteiger partial charge in [0, 0.05) is 12.1 Å². The van der Waals surface area contributed by atoms with Crippen LogP contribution in [0.3, 0.4) is 0 Å². The van der Waals surface area contributed by atoms with Gasteiger partial charge >= 0.3 is 0 Å². The molecule has 1 aromatic carbocycles. The summed E-state index contributed by atoms with van der Waals surface area (Å²) in [4.78, 5) is 5.33. The van der Waals surface area contributed by atoms with Crippen LogP contribution in [-0.2, 0) is 11.4 Å². The van der Waals surface area contributed by atoms with Crippen LogP contribution in [0, 0.1) is 0 Å². The molecule has 1 aliphatic heterocycles. The Kier molecular flexibility index (Phi) is 2.47. The molecule has 3 nitrogen and oxygen atoms in total. The summed E-state index contributed by atoms with van der Waals surface area (Å²) in [5.74, 6) is 0.345. The normalized spacial score (nSPS) is 17.8. The fourth-order valence-electron chi connectivity index (χ4n) is 1.46. The number of aromatic hydroxyl groups is 1. The fraction of sp³-hybridized carbons (Fsp3) is 0.400. The fourth-order valence-corrected chi connectivity index (χ4v) is 1.46. The third-order valence-electron chi connectivity index (χ3n) is 2.16. The van der Waals surface area contributed by atoms with Gasteiger partial charge in [-0.05, 0) is 12.5 Å². The molecule has 1 aromatic rings. The van der Waals surface area contributed by atoms with E-state index < -0.39 is 0 Å². The van der Waals surface area contributed by atoms with Crippen LogP contribution in [0.1, 0.15) is 12.0 Å². The minimum atomic E-state index is 0.345. The Bertz CT molecular complexity index is 282. The van der Waals surface area contributed by atoms with E-state index in [1.54, 1.807) is 6.07 Å². The summed E-state index contributed by atoms with van der Waals surface area (Å²) >= 11 is 0. The number of hydrogen-bond acceptors (Lipinski definition) is 3. The quantitative estimate of drug-likeness (QED) is 0.747. The zero-order valence-corrected chi connectivity index (χ0v) is 7.44. The zero-order chi connectivity index (χ0) is 9.10. The molecule has 1 fully saturated rings. The molecule has 0 amide bonds. The van der Waals surface area contributed by atoms with Gasteiger partial charge in [0.05, 0.1) is 13.2 Å². The van der Waals surface area contributed by atoms with E-state index in [9.17, 15) is 5.11 Å². The molecule has 1 heterocycles. The van der Waals surface area contributed by atoms with E-state index in [1.807, 2.05) is 23.3 Å². The molecule has 0 atom stereocenters. The lowest BCUT2D eigenvalue weighted by atomic mass is 10.2. The van der Waals surface area contributed by atoms with Crippen molar-refractivity contribution < 1.29 is 9.94 Å². The van der Waals surface area contributed by atoms with Crippen molar-refractivity contribution in [3.8, 4) is 5.75 Å². The number of rotatable bonds is 2. The maximum atomic E-state index is 9.49. The summed E-state index contributed by atoms with van der Waals surface area (Å²) in [6.45, 7) is 2.43. The highest BCUT2D eigenvalue weighted by Crippen LogP contribution is 2.19. The van der Waals surface area contributed by atoms with Crippen LogP contribution >= 0.6 is 0 Å². The molecule has 0 bridgehead atoms. The molecule has 3 heteroatoms. The second-order valence-corrected chi connectivity index (χ2v) is 3.18. The molecule has 0 spiro atoms. The predicted molar refractivity (Wildman–Crippen MR) is 49.1 cm³/mol. The summed E-state index contributed by atoms with van der Waals surface area (Å²) in [6.07, 6.45) is 1.08. The van der Waals surface area contributed by atoms with Crippen LogP contribution in [0.25, 0.3) is 0 Å². The third-order valence-corrected chi connectivity index (χ3v) is 2.16. The molecule has 1 aliphatic rings. The Morgan fingerprint density at radius 3 is 2.92 bits per heavy atom. The van der Waals surface area contributed by atoms with Crippen LogP contribution in [-0.4, -0.2) is 23.3 Å². The number of benzene rings is 1. The van der Waals surface area contributed by atoms with E-state index in [4.69, 9.17) is 4.84 Å². The topological polar surface area (TPSA) is 32.7 Å². The Morgan fingerprint density at radius 1 is 1.38 bits per heavy atom.